The first-order valence-electron chi connectivity index (χ1n) is 6.86. The maximum absolute atomic E-state index is 11.8. The molecule has 1 N–H and O–H groups in total. The van der Waals surface area contributed by atoms with Crippen molar-refractivity contribution in [1.29, 1.82) is 0 Å². The molecule has 0 aromatic rings. The van der Waals surface area contributed by atoms with Crippen LogP contribution in [-0.2, 0) is 19.1 Å². The Labute approximate surface area is 120 Å². The summed E-state index contributed by atoms with van der Waals surface area (Å²) >= 11 is 0. The van der Waals surface area contributed by atoms with Gasteiger partial charge in [0.1, 0.15) is 11.9 Å². The molecule has 0 rings (SSSR count). The van der Waals surface area contributed by atoms with Crippen LogP contribution >= 0.6 is 0 Å². The first-order valence-corrected chi connectivity index (χ1v) is 6.86. The van der Waals surface area contributed by atoms with Crippen molar-refractivity contribution in [3.8, 4) is 0 Å². The number of carboxylic acid groups (broad SMARTS) is 1. The third-order valence-corrected chi connectivity index (χ3v) is 3.96. The lowest BCUT2D eigenvalue weighted by Crippen LogP contribution is -2.36. The predicted molar refractivity (Wildman–Crippen MR) is 75.3 cm³/mol. The number of carbonyl (C=O) groups excluding carboxylic acids is 2. The first-order chi connectivity index (χ1) is 8.94. The van der Waals surface area contributed by atoms with E-state index in [0.717, 1.165) is 0 Å². The molecule has 5 heteroatoms. The highest BCUT2D eigenvalue weighted by Crippen LogP contribution is 2.34. The summed E-state index contributed by atoms with van der Waals surface area (Å²) < 4.78 is 5.23. The van der Waals surface area contributed by atoms with Gasteiger partial charge >= 0.3 is 11.9 Å². The van der Waals surface area contributed by atoms with Crippen LogP contribution in [0.2, 0.25) is 0 Å². The number of carboxylic acids is 1. The fourth-order valence-corrected chi connectivity index (χ4v) is 2.09. The van der Waals surface area contributed by atoms with Crippen molar-refractivity contribution in [3.05, 3.63) is 0 Å². The number of ketones is 1. The number of carbonyl (C=O) groups is 3. The van der Waals surface area contributed by atoms with Gasteiger partial charge in [0, 0.05) is 12.3 Å². The van der Waals surface area contributed by atoms with Gasteiger partial charge in [0.05, 0.1) is 5.41 Å². The SMILES string of the molecule is CCC(C)(CC(CC(C)(C)C(=O)O)OC(C)=O)C(C)=O. The Hall–Kier alpha value is -1.39. The van der Waals surface area contributed by atoms with Crippen LogP contribution in [0.5, 0.6) is 0 Å². The highest BCUT2D eigenvalue weighted by atomic mass is 16.5. The number of hydrogen-bond acceptors (Lipinski definition) is 4. The molecule has 0 saturated heterocycles. The molecule has 2 atom stereocenters. The maximum Gasteiger partial charge on any atom is 0.309 e. The molecule has 0 aromatic heterocycles. The molecular formula is C15H26O5. The molecule has 0 bridgehead atoms. The molecule has 0 heterocycles. The molecule has 116 valence electrons. The lowest BCUT2D eigenvalue weighted by molar-refractivity contribution is -0.157. The van der Waals surface area contributed by atoms with Gasteiger partial charge < -0.3 is 9.84 Å². The van der Waals surface area contributed by atoms with Crippen LogP contribution in [0.3, 0.4) is 0 Å². The summed E-state index contributed by atoms with van der Waals surface area (Å²) in [5, 5.41) is 9.18. The first kappa shape index (κ1) is 18.6. The van der Waals surface area contributed by atoms with Crippen molar-refractivity contribution in [2.24, 2.45) is 10.8 Å². The second-order valence-corrected chi connectivity index (χ2v) is 6.30. The van der Waals surface area contributed by atoms with Crippen LogP contribution in [-0.4, -0.2) is 28.9 Å². The highest BCUT2D eigenvalue weighted by molar-refractivity contribution is 5.82. The minimum atomic E-state index is -1.01. The monoisotopic (exact) mass is 286 g/mol. The zero-order valence-electron chi connectivity index (χ0n) is 13.3. The van der Waals surface area contributed by atoms with Gasteiger partial charge in [-0.2, -0.15) is 0 Å². The Morgan fingerprint density at radius 3 is 1.90 bits per heavy atom. The van der Waals surface area contributed by atoms with Crippen molar-refractivity contribution in [2.75, 3.05) is 0 Å². The van der Waals surface area contributed by atoms with E-state index in [4.69, 9.17) is 4.74 Å². The second-order valence-electron chi connectivity index (χ2n) is 6.30. The molecule has 5 nitrogen and oxygen atoms in total. The standard InChI is InChI=1S/C15H26O5/c1-7-15(6,10(2)16)9-12(20-11(3)17)8-14(4,5)13(18)19/h12H,7-9H2,1-6H3,(H,18,19). The van der Waals surface area contributed by atoms with Crippen LogP contribution in [0, 0.1) is 10.8 Å². The van der Waals surface area contributed by atoms with Gasteiger partial charge in [0.25, 0.3) is 0 Å². The van der Waals surface area contributed by atoms with Crippen molar-refractivity contribution in [2.45, 2.75) is 66.9 Å². The van der Waals surface area contributed by atoms with E-state index in [1.54, 1.807) is 13.8 Å². The second kappa shape index (κ2) is 6.86. The van der Waals surface area contributed by atoms with Crippen LogP contribution in [0.15, 0.2) is 0 Å². The molecule has 0 spiro atoms. The van der Waals surface area contributed by atoms with Crippen molar-refractivity contribution >= 4 is 17.7 Å². The van der Waals surface area contributed by atoms with Gasteiger partial charge in [-0.3, -0.25) is 14.4 Å². The Morgan fingerprint density at radius 2 is 1.60 bits per heavy atom. The molecule has 20 heavy (non-hydrogen) atoms. The maximum atomic E-state index is 11.8. The minimum Gasteiger partial charge on any atom is -0.481 e. The van der Waals surface area contributed by atoms with Crippen molar-refractivity contribution < 1.29 is 24.2 Å². The van der Waals surface area contributed by atoms with E-state index >= 15 is 0 Å². The normalized spacial score (nSPS) is 16.1. The molecule has 0 saturated carbocycles. The zero-order valence-corrected chi connectivity index (χ0v) is 13.3. The molecule has 0 aliphatic carbocycles. The van der Waals surface area contributed by atoms with Crippen molar-refractivity contribution in [1.82, 2.24) is 0 Å². The van der Waals surface area contributed by atoms with E-state index in [1.165, 1.54) is 13.8 Å². The Balaban J connectivity index is 5.13. The minimum absolute atomic E-state index is 0.0188. The number of ether oxygens (including phenoxy) is 1. The van der Waals surface area contributed by atoms with E-state index in [1.807, 2.05) is 13.8 Å². The number of Topliss-reactive ketones (excluding diaryl/α,β-unsaturated/α-hetero) is 1. The van der Waals surface area contributed by atoms with Gasteiger partial charge in [-0.25, -0.2) is 0 Å². The molecule has 0 radical (unpaired) electrons. The zero-order chi connectivity index (χ0) is 16.1. The van der Waals surface area contributed by atoms with Crippen LogP contribution in [0.1, 0.15) is 60.8 Å². The Kier molecular flexibility index (Phi) is 6.38. The van der Waals surface area contributed by atoms with Crippen LogP contribution < -0.4 is 0 Å². The average molecular weight is 286 g/mol. The lowest BCUT2D eigenvalue weighted by Gasteiger charge is -2.32. The summed E-state index contributed by atoms with van der Waals surface area (Å²) in [6.07, 6.45) is 0.570. The molecular weight excluding hydrogens is 260 g/mol. The quantitative estimate of drug-likeness (QED) is 0.694. The molecule has 0 amide bonds. The van der Waals surface area contributed by atoms with Gasteiger partial charge in [-0.15, -0.1) is 0 Å². The smallest absolute Gasteiger partial charge is 0.309 e. The molecule has 0 aliphatic rings. The molecule has 0 fully saturated rings. The van der Waals surface area contributed by atoms with Crippen LogP contribution in [0.25, 0.3) is 0 Å². The van der Waals surface area contributed by atoms with Crippen LogP contribution in [0.4, 0.5) is 0 Å². The summed E-state index contributed by atoms with van der Waals surface area (Å²) in [5.74, 6) is -1.39. The highest BCUT2D eigenvalue weighted by Gasteiger charge is 2.37. The number of hydrogen-bond donors (Lipinski definition) is 1. The summed E-state index contributed by atoms with van der Waals surface area (Å²) in [7, 11) is 0. The third kappa shape index (κ3) is 5.31. The predicted octanol–water partition coefficient (Wildman–Crippen LogP) is 2.81. The Bertz CT molecular complexity index is 386. The van der Waals surface area contributed by atoms with E-state index in [2.05, 4.69) is 0 Å². The number of aliphatic carboxylic acids is 1. The van der Waals surface area contributed by atoms with E-state index in [-0.39, 0.29) is 12.2 Å². The van der Waals surface area contributed by atoms with Gasteiger partial charge in [0.2, 0.25) is 0 Å². The van der Waals surface area contributed by atoms with E-state index < -0.39 is 28.9 Å². The average Bonchev–Trinajstić information content (AvgIpc) is 2.26. The third-order valence-electron chi connectivity index (χ3n) is 3.96. The summed E-state index contributed by atoms with van der Waals surface area (Å²) in [6.45, 7) is 9.69. The lowest BCUT2D eigenvalue weighted by atomic mass is 9.75. The van der Waals surface area contributed by atoms with Crippen molar-refractivity contribution in [3.63, 3.8) is 0 Å². The largest absolute Gasteiger partial charge is 0.481 e. The molecule has 0 aliphatic heterocycles. The fourth-order valence-electron chi connectivity index (χ4n) is 2.09. The summed E-state index contributed by atoms with van der Waals surface area (Å²) in [5.41, 5.74) is -1.61. The Morgan fingerprint density at radius 1 is 1.10 bits per heavy atom. The number of esters is 1. The van der Waals surface area contributed by atoms with E-state index in [0.29, 0.717) is 12.8 Å². The topological polar surface area (TPSA) is 80.7 Å². The fraction of sp³-hybridized carbons (Fsp3) is 0.800. The molecule has 2 unspecified atom stereocenters. The van der Waals surface area contributed by atoms with E-state index in [9.17, 15) is 19.5 Å². The summed E-state index contributed by atoms with van der Waals surface area (Å²) in [6, 6.07) is 0. The van der Waals surface area contributed by atoms with Gasteiger partial charge in [-0.1, -0.05) is 13.8 Å². The van der Waals surface area contributed by atoms with Gasteiger partial charge in [0.15, 0.2) is 0 Å². The summed E-state index contributed by atoms with van der Waals surface area (Å²) in [4.78, 5) is 34.2. The number of rotatable bonds is 8. The molecule has 0 aromatic carbocycles. The van der Waals surface area contributed by atoms with Gasteiger partial charge in [-0.05, 0) is 40.0 Å².